The van der Waals surface area contributed by atoms with Crippen molar-refractivity contribution in [1.82, 2.24) is 4.98 Å². The number of alkyl halides is 3. The van der Waals surface area contributed by atoms with E-state index >= 15 is 0 Å². The highest BCUT2D eigenvalue weighted by molar-refractivity contribution is 6.33. The number of methoxy groups -OCH3 is 2. The van der Waals surface area contributed by atoms with Gasteiger partial charge in [-0.15, -0.1) is 0 Å². The summed E-state index contributed by atoms with van der Waals surface area (Å²) in [7, 11) is 2.48. The predicted octanol–water partition coefficient (Wildman–Crippen LogP) is 4.09. The van der Waals surface area contributed by atoms with Crippen molar-refractivity contribution in [3.05, 3.63) is 46.2 Å². The number of hydrogen-bond acceptors (Lipinski definition) is 5. The molecular formula is C16H10ClF3N2O3. The third-order valence-corrected chi connectivity index (χ3v) is 3.61. The van der Waals surface area contributed by atoms with Crippen LogP contribution >= 0.6 is 11.6 Å². The molecule has 0 radical (unpaired) electrons. The summed E-state index contributed by atoms with van der Waals surface area (Å²) in [5.74, 6) is -0.605. The number of nitriles is 1. The summed E-state index contributed by atoms with van der Waals surface area (Å²) < 4.78 is 48.0. The molecule has 5 nitrogen and oxygen atoms in total. The van der Waals surface area contributed by atoms with Gasteiger partial charge >= 0.3 is 12.1 Å². The SMILES string of the molecule is COC(=O)c1cc(-c2cnc(C(F)(F)F)cc2C#N)c(Cl)cc1OC. The van der Waals surface area contributed by atoms with Crippen molar-refractivity contribution in [2.24, 2.45) is 0 Å². The number of carbonyl (C=O) groups excluding carboxylic acids is 1. The molecule has 130 valence electrons. The number of rotatable bonds is 3. The van der Waals surface area contributed by atoms with Gasteiger partial charge in [0.05, 0.1) is 30.9 Å². The maximum atomic E-state index is 12.8. The van der Waals surface area contributed by atoms with Gasteiger partial charge in [-0.3, -0.25) is 4.98 Å². The second-order valence-corrected chi connectivity index (χ2v) is 5.16. The lowest BCUT2D eigenvalue weighted by molar-refractivity contribution is -0.141. The number of benzene rings is 1. The molecule has 0 aliphatic heterocycles. The zero-order valence-corrected chi connectivity index (χ0v) is 13.7. The minimum Gasteiger partial charge on any atom is -0.496 e. The van der Waals surface area contributed by atoms with Crippen LogP contribution in [0.15, 0.2) is 24.4 Å². The molecule has 0 atom stereocenters. The first-order chi connectivity index (χ1) is 11.7. The molecule has 25 heavy (non-hydrogen) atoms. The van der Waals surface area contributed by atoms with Crippen LogP contribution in [0.1, 0.15) is 21.6 Å². The van der Waals surface area contributed by atoms with Crippen LogP contribution in [-0.4, -0.2) is 25.2 Å². The van der Waals surface area contributed by atoms with E-state index in [1.54, 1.807) is 6.07 Å². The molecule has 0 aliphatic rings. The fourth-order valence-corrected chi connectivity index (χ4v) is 2.37. The van der Waals surface area contributed by atoms with Crippen molar-refractivity contribution >= 4 is 17.6 Å². The van der Waals surface area contributed by atoms with E-state index in [4.69, 9.17) is 16.3 Å². The number of hydrogen-bond donors (Lipinski definition) is 0. The highest BCUT2D eigenvalue weighted by Crippen LogP contribution is 2.37. The molecule has 0 unspecified atom stereocenters. The number of pyridine rings is 1. The largest absolute Gasteiger partial charge is 0.496 e. The van der Waals surface area contributed by atoms with Gasteiger partial charge in [0.2, 0.25) is 0 Å². The van der Waals surface area contributed by atoms with E-state index in [9.17, 15) is 23.2 Å². The first-order valence-corrected chi connectivity index (χ1v) is 7.04. The fourth-order valence-electron chi connectivity index (χ4n) is 2.12. The first-order valence-electron chi connectivity index (χ1n) is 6.66. The van der Waals surface area contributed by atoms with Crippen molar-refractivity contribution in [2.75, 3.05) is 14.2 Å². The van der Waals surface area contributed by atoms with Gasteiger partial charge in [0.25, 0.3) is 0 Å². The third-order valence-electron chi connectivity index (χ3n) is 3.30. The van der Waals surface area contributed by atoms with Gasteiger partial charge in [0.15, 0.2) is 0 Å². The Hall–Kier alpha value is -2.79. The summed E-state index contributed by atoms with van der Waals surface area (Å²) in [6, 6.07) is 4.88. The Morgan fingerprint density at radius 1 is 1.24 bits per heavy atom. The van der Waals surface area contributed by atoms with E-state index in [1.165, 1.54) is 19.2 Å². The number of aromatic nitrogens is 1. The van der Waals surface area contributed by atoms with Crippen molar-refractivity contribution in [3.63, 3.8) is 0 Å². The van der Waals surface area contributed by atoms with Gasteiger partial charge in [-0.25, -0.2) is 4.79 Å². The van der Waals surface area contributed by atoms with Crippen LogP contribution in [-0.2, 0) is 10.9 Å². The smallest absolute Gasteiger partial charge is 0.433 e. The standard InChI is InChI=1S/C16H10ClF3N2O3/c1-24-13-5-12(17)9(4-10(13)15(23)25-2)11-7-22-14(16(18,19)20)3-8(11)6-21/h3-5,7H,1-2H3. The van der Waals surface area contributed by atoms with Crippen LogP contribution in [0.2, 0.25) is 5.02 Å². The summed E-state index contributed by atoms with van der Waals surface area (Å²) in [5.41, 5.74) is -1.28. The van der Waals surface area contributed by atoms with E-state index in [2.05, 4.69) is 9.72 Å². The summed E-state index contributed by atoms with van der Waals surface area (Å²) in [6.45, 7) is 0. The Morgan fingerprint density at radius 2 is 1.92 bits per heavy atom. The van der Waals surface area contributed by atoms with Crippen LogP contribution in [0.25, 0.3) is 11.1 Å². The number of halogens is 4. The van der Waals surface area contributed by atoms with Crippen LogP contribution in [0.3, 0.4) is 0 Å². The van der Waals surface area contributed by atoms with Crippen molar-refractivity contribution in [3.8, 4) is 22.9 Å². The predicted molar refractivity (Wildman–Crippen MR) is 82.3 cm³/mol. The van der Waals surface area contributed by atoms with Gasteiger partial charge in [-0.2, -0.15) is 18.4 Å². The molecule has 9 heteroatoms. The summed E-state index contributed by atoms with van der Waals surface area (Å²) in [6.07, 6.45) is -3.80. The Balaban J connectivity index is 2.70. The molecule has 2 aromatic rings. The van der Waals surface area contributed by atoms with Gasteiger partial charge in [-0.1, -0.05) is 11.6 Å². The molecule has 0 fully saturated rings. The lowest BCUT2D eigenvalue weighted by atomic mass is 9.99. The normalized spacial score (nSPS) is 10.9. The van der Waals surface area contributed by atoms with E-state index in [0.717, 1.165) is 13.3 Å². The van der Waals surface area contributed by atoms with Crippen molar-refractivity contribution in [2.45, 2.75) is 6.18 Å². The van der Waals surface area contributed by atoms with Crippen LogP contribution in [0.5, 0.6) is 5.75 Å². The molecule has 1 aromatic heterocycles. The molecular weight excluding hydrogens is 361 g/mol. The highest BCUT2D eigenvalue weighted by Gasteiger charge is 2.33. The molecule has 0 bridgehead atoms. The average molecular weight is 371 g/mol. The zero-order chi connectivity index (χ0) is 18.8. The van der Waals surface area contributed by atoms with Crippen molar-refractivity contribution < 1.29 is 27.4 Å². The lowest BCUT2D eigenvalue weighted by Gasteiger charge is -2.13. The second kappa shape index (κ2) is 6.99. The second-order valence-electron chi connectivity index (χ2n) is 4.75. The fraction of sp³-hybridized carbons (Fsp3) is 0.188. The number of carbonyl (C=O) groups is 1. The molecule has 0 N–H and O–H groups in total. The zero-order valence-electron chi connectivity index (χ0n) is 12.9. The summed E-state index contributed by atoms with van der Waals surface area (Å²) >= 11 is 6.13. The maximum Gasteiger partial charge on any atom is 0.433 e. The molecule has 2 rings (SSSR count). The number of ether oxygens (including phenoxy) is 2. The molecule has 0 spiro atoms. The molecule has 1 aromatic carbocycles. The van der Waals surface area contributed by atoms with E-state index < -0.39 is 17.8 Å². The monoisotopic (exact) mass is 370 g/mol. The minimum absolute atomic E-state index is 0.00758. The Labute approximate surface area is 145 Å². The maximum absolute atomic E-state index is 12.8. The summed E-state index contributed by atoms with van der Waals surface area (Å²) in [5, 5.41) is 9.25. The number of nitrogens with zero attached hydrogens (tertiary/aromatic N) is 2. The quantitative estimate of drug-likeness (QED) is 0.761. The Kier molecular flexibility index (Phi) is 5.18. The van der Waals surface area contributed by atoms with E-state index in [0.29, 0.717) is 6.07 Å². The average Bonchev–Trinajstić information content (AvgIpc) is 2.59. The van der Waals surface area contributed by atoms with Gasteiger partial charge in [0, 0.05) is 23.4 Å². The lowest BCUT2D eigenvalue weighted by Crippen LogP contribution is -2.09. The molecule has 0 aliphatic carbocycles. The third kappa shape index (κ3) is 3.67. The van der Waals surface area contributed by atoms with Crippen LogP contribution < -0.4 is 4.74 Å². The number of esters is 1. The van der Waals surface area contributed by atoms with Gasteiger partial charge < -0.3 is 9.47 Å². The van der Waals surface area contributed by atoms with Crippen LogP contribution in [0, 0.1) is 11.3 Å². The Morgan fingerprint density at radius 3 is 2.44 bits per heavy atom. The molecule has 1 heterocycles. The van der Waals surface area contributed by atoms with Gasteiger partial charge in [0.1, 0.15) is 17.0 Å². The molecule has 0 saturated carbocycles. The Bertz CT molecular complexity index is 876. The van der Waals surface area contributed by atoms with E-state index in [1.807, 2.05) is 0 Å². The topological polar surface area (TPSA) is 72.2 Å². The van der Waals surface area contributed by atoms with E-state index in [-0.39, 0.29) is 33.0 Å². The first kappa shape index (κ1) is 18.5. The van der Waals surface area contributed by atoms with Crippen LogP contribution in [0.4, 0.5) is 13.2 Å². The van der Waals surface area contributed by atoms with Crippen molar-refractivity contribution in [1.29, 1.82) is 5.26 Å². The molecule has 0 saturated heterocycles. The van der Waals surface area contributed by atoms with Gasteiger partial charge in [-0.05, 0) is 12.1 Å². The highest BCUT2D eigenvalue weighted by atomic mass is 35.5. The summed E-state index contributed by atoms with van der Waals surface area (Å²) in [4.78, 5) is 15.2. The molecule has 0 amide bonds. The minimum atomic E-state index is -4.69.